The lowest BCUT2D eigenvalue weighted by molar-refractivity contribution is 0.307. The quantitative estimate of drug-likeness (QED) is 0.754. The first-order valence-corrected chi connectivity index (χ1v) is 8.20. The minimum absolute atomic E-state index is 0.740. The van der Waals surface area contributed by atoms with Crippen LogP contribution in [-0.4, -0.2) is 23.1 Å². The zero-order chi connectivity index (χ0) is 11.4. The van der Waals surface area contributed by atoms with Gasteiger partial charge in [0.25, 0.3) is 0 Å². The fourth-order valence-electron chi connectivity index (χ4n) is 3.24. The van der Waals surface area contributed by atoms with Crippen molar-refractivity contribution < 1.29 is 0 Å². The fourth-order valence-corrected chi connectivity index (χ4v) is 4.44. The number of hydrogen-bond acceptors (Lipinski definition) is 2. The van der Waals surface area contributed by atoms with Crippen LogP contribution in [0.4, 0.5) is 0 Å². The van der Waals surface area contributed by atoms with E-state index in [1.54, 1.807) is 0 Å². The van der Waals surface area contributed by atoms with Crippen LogP contribution in [0.2, 0.25) is 0 Å². The summed E-state index contributed by atoms with van der Waals surface area (Å²) in [5.41, 5.74) is 0. The first kappa shape index (κ1) is 12.8. The Morgan fingerprint density at radius 1 is 1.06 bits per heavy atom. The molecule has 2 heteroatoms. The molecule has 94 valence electrons. The molecule has 0 bridgehead atoms. The normalized spacial score (nSPS) is 34.9. The maximum Gasteiger partial charge on any atom is 0.0194 e. The van der Waals surface area contributed by atoms with Gasteiger partial charge >= 0.3 is 0 Å². The molecule has 0 aromatic heterocycles. The van der Waals surface area contributed by atoms with Gasteiger partial charge in [-0.25, -0.2) is 0 Å². The van der Waals surface area contributed by atoms with E-state index in [1.165, 1.54) is 50.7 Å². The van der Waals surface area contributed by atoms with E-state index in [1.807, 2.05) is 0 Å². The fraction of sp³-hybridized carbons (Fsp3) is 1.00. The van der Waals surface area contributed by atoms with Crippen LogP contribution in [0.25, 0.3) is 0 Å². The lowest BCUT2D eigenvalue weighted by atomic mass is 9.92. The first-order valence-electron chi connectivity index (χ1n) is 7.15. The summed E-state index contributed by atoms with van der Waals surface area (Å²) in [4.78, 5) is 0. The van der Waals surface area contributed by atoms with Crippen molar-refractivity contribution in [2.75, 3.05) is 5.75 Å². The van der Waals surface area contributed by atoms with Crippen molar-refractivity contribution in [3.05, 3.63) is 0 Å². The molecule has 0 aromatic rings. The standard InChI is InChI=1S/C14H27NS/c1-11(13-7-5-3-4-6-8-13)15-14-9-10-16-12(14)2/h11-15H,3-10H2,1-2H3/t11-,12?,14?/m0/s1. The highest BCUT2D eigenvalue weighted by Gasteiger charge is 2.27. The Morgan fingerprint density at radius 3 is 2.31 bits per heavy atom. The third kappa shape index (κ3) is 3.40. The second-order valence-electron chi connectivity index (χ2n) is 5.68. The third-order valence-electron chi connectivity index (χ3n) is 4.46. The Kier molecular flexibility index (Phi) is 5.02. The molecule has 1 saturated heterocycles. The van der Waals surface area contributed by atoms with Crippen molar-refractivity contribution in [3.63, 3.8) is 0 Å². The van der Waals surface area contributed by atoms with Crippen LogP contribution in [0.15, 0.2) is 0 Å². The summed E-state index contributed by atoms with van der Waals surface area (Å²) in [6.07, 6.45) is 10.2. The van der Waals surface area contributed by atoms with Crippen molar-refractivity contribution in [2.45, 2.75) is 76.1 Å². The summed E-state index contributed by atoms with van der Waals surface area (Å²) in [6, 6.07) is 1.52. The molecule has 1 saturated carbocycles. The van der Waals surface area contributed by atoms with Crippen LogP contribution in [0, 0.1) is 5.92 Å². The topological polar surface area (TPSA) is 12.0 Å². The smallest absolute Gasteiger partial charge is 0.0194 e. The van der Waals surface area contributed by atoms with Gasteiger partial charge in [0.1, 0.15) is 0 Å². The molecule has 1 heterocycles. The molecule has 2 rings (SSSR count). The van der Waals surface area contributed by atoms with E-state index < -0.39 is 0 Å². The molecule has 1 N–H and O–H groups in total. The van der Waals surface area contributed by atoms with Crippen LogP contribution in [0.3, 0.4) is 0 Å². The summed E-state index contributed by atoms with van der Waals surface area (Å²) < 4.78 is 0. The molecule has 0 radical (unpaired) electrons. The van der Waals surface area contributed by atoms with E-state index in [2.05, 4.69) is 30.9 Å². The van der Waals surface area contributed by atoms with E-state index in [-0.39, 0.29) is 0 Å². The highest BCUT2D eigenvalue weighted by atomic mass is 32.2. The molecule has 0 aromatic carbocycles. The Labute approximate surface area is 105 Å². The van der Waals surface area contributed by atoms with Gasteiger partial charge < -0.3 is 5.32 Å². The molecule has 1 aliphatic carbocycles. The molecule has 2 fully saturated rings. The van der Waals surface area contributed by atoms with Crippen LogP contribution in [0.1, 0.15) is 58.8 Å². The third-order valence-corrected chi connectivity index (χ3v) is 5.79. The molecule has 0 spiro atoms. The predicted molar refractivity (Wildman–Crippen MR) is 74.1 cm³/mol. The highest BCUT2D eigenvalue weighted by Crippen LogP contribution is 2.29. The lowest BCUT2D eigenvalue weighted by Crippen LogP contribution is -2.43. The number of thioether (sulfide) groups is 1. The van der Waals surface area contributed by atoms with Gasteiger partial charge in [-0.2, -0.15) is 11.8 Å². The Hall–Kier alpha value is 0.310. The van der Waals surface area contributed by atoms with Crippen LogP contribution >= 0.6 is 11.8 Å². The van der Waals surface area contributed by atoms with Gasteiger partial charge in [-0.15, -0.1) is 0 Å². The average molecular weight is 241 g/mol. The van der Waals surface area contributed by atoms with Gasteiger partial charge in [-0.1, -0.05) is 32.6 Å². The monoisotopic (exact) mass is 241 g/mol. The summed E-state index contributed by atoms with van der Waals surface area (Å²) in [7, 11) is 0. The minimum atomic E-state index is 0.740. The summed E-state index contributed by atoms with van der Waals surface area (Å²) >= 11 is 2.14. The lowest BCUT2D eigenvalue weighted by Gasteiger charge is -2.28. The molecule has 2 aliphatic rings. The van der Waals surface area contributed by atoms with Gasteiger partial charge in [0.15, 0.2) is 0 Å². The van der Waals surface area contributed by atoms with Gasteiger partial charge in [0, 0.05) is 17.3 Å². The maximum atomic E-state index is 3.91. The van der Waals surface area contributed by atoms with Crippen LogP contribution < -0.4 is 5.32 Å². The maximum absolute atomic E-state index is 3.91. The van der Waals surface area contributed by atoms with Crippen molar-refractivity contribution in [1.82, 2.24) is 5.32 Å². The van der Waals surface area contributed by atoms with E-state index in [9.17, 15) is 0 Å². The van der Waals surface area contributed by atoms with Gasteiger partial charge in [0.05, 0.1) is 0 Å². The molecule has 0 amide bonds. The Morgan fingerprint density at radius 2 is 1.75 bits per heavy atom. The summed E-state index contributed by atoms with van der Waals surface area (Å²) in [5.74, 6) is 2.30. The Balaban J connectivity index is 1.79. The average Bonchev–Trinajstić information content (AvgIpc) is 2.57. The second-order valence-corrected chi connectivity index (χ2v) is 7.16. The minimum Gasteiger partial charge on any atom is -0.310 e. The molecular formula is C14H27NS. The zero-order valence-electron chi connectivity index (χ0n) is 10.9. The molecule has 16 heavy (non-hydrogen) atoms. The summed E-state index contributed by atoms with van der Waals surface area (Å²) in [6.45, 7) is 4.81. The van der Waals surface area contributed by atoms with Gasteiger partial charge in [-0.05, 0) is 37.9 Å². The van der Waals surface area contributed by atoms with E-state index in [0.29, 0.717) is 0 Å². The van der Waals surface area contributed by atoms with Crippen molar-refractivity contribution in [3.8, 4) is 0 Å². The van der Waals surface area contributed by atoms with E-state index in [0.717, 1.165) is 23.3 Å². The number of rotatable bonds is 3. The zero-order valence-corrected chi connectivity index (χ0v) is 11.7. The molecule has 2 unspecified atom stereocenters. The Bertz CT molecular complexity index is 199. The molecule has 1 nitrogen and oxygen atoms in total. The molecule has 3 atom stereocenters. The molecular weight excluding hydrogens is 214 g/mol. The van der Waals surface area contributed by atoms with Gasteiger partial charge in [-0.3, -0.25) is 0 Å². The second kappa shape index (κ2) is 6.30. The largest absolute Gasteiger partial charge is 0.310 e. The van der Waals surface area contributed by atoms with Crippen LogP contribution in [0.5, 0.6) is 0 Å². The van der Waals surface area contributed by atoms with Crippen molar-refractivity contribution in [2.24, 2.45) is 5.92 Å². The van der Waals surface area contributed by atoms with Crippen molar-refractivity contribution in [1.29, 1.82) is 0 Å². The number of nitrogens with one attached hydrogen (secondary N) is 1. The highest BCUT2D eigenvalue weighted by molar-refractivity contribution is 8.00. The van der Waals surface area contributed by atoms with Gasteiger partial charge in [0.2, 0.25) is 0 Å². The van der Waals surface area contributed by atoms with E-state index in [4.69, 9.17) is 0 Å². The van der Waals surface area contributed by atoms with Crippen molar-refractivity contribution >= 4 is 11.8 Å². The molecule has 1 aliphatic heterocycles. The SMILES string of the molecule is CC1SCCC1N[C@@H](C)C1CCCCCC1. The first-order chi connectivity index (χ1) is 7.77. The predicted octanol–water partition coefficient (Wildman–Crippen LogP) is 3.83. The summed E-state index contributed by atoms with van der Waals surface area (Å²) in [5, 5.41) is 4.73. The van der Waals surface area contributed by atoms with Crippen LogP contribution in [-0.2, 0) is 0 Å². The van der Waals surface area contributed by atoms with E-state index >= 15 is 0 Å². The number of hydrogen-bond donors (Lipinski definition) is 1.